The molecular weight excluding hydrogens is 368 g/mol. The Morgan fingerprint density at radius 3 is 2.74 bits per heavy atom. The first-order valence-electron chi connectivity index (χ1n) is 8.64. The van der Waals surface area contributed by atoms with Gasteiger partial charge in [-0.25, -0.2) is 8.42 Å². The Labute approximate surface area is 158 Å². The summed E-state index contributed by atoms with van der Waals surface area (Å²) >= 11 is 0. The molecule has 0 unspecified atom stereocenters. The number of fused-ring (bicyclic) bond motifs is 2. The van der Waals surface area contributed by atoms with Crippen LogP contribution in [0.15, 0.2) is 42.5 Å². The van der Waals surface area contributed by atoms with Gasteiger partial charge in [-0.2, -0.15) is 4.31 Å². The fourth-order valence-corrected chi connectivity index (χ4v) is 4.10. The second-order valence-electron chi connectivity index (χ2n) is 6.64. The summed E-state index contributed by atoms with van der Waals surface area (Å²) < 4.78 is 36.3. The number of benzene rings is 2. The van der Waals surface area contributed by atoms with Gasteiger partial charge in [-0.3, -0.25) is 4.79 Å². The Morgan fingerprint density at radius 2 is 1.93 bits per heavy atom. The van der Waals surface area contributed by atoms with Gasteiger partial charge in [0.05, 0.1) is 12.8 Å². The molecule has 2 heterocycles. The van der Waals surface area contributed by atoms with E-state index in [0.29, 0.717) is 18.0 Å². The van der Waals surface area contributed by atoms with Crippen LogP contribution in [0.3, 0.4) is 0 Å². The topological polar surface area (TPSA) is 76.2 Å². The van der Waals surface area contributed by atoms with Gasteiger partial charge in [-0.1, -0.05) is 24.3 Å². The number of nitrogens with zero attached hydrogens (tertiary/aromatic N) is 2. The number of hydrogen-bond acceptors (Lipinski definition) is 5. The smallest absolute Gasteiger partial charge is 0.242 e. The molecule has 0 bridgehead atoms. The summed E-state index contributed by atoms with van der Waals surface area (Å²) in [4.78, 5) is 14.5. The number of carbonyl (C=O) groups excluding carboxylic acids is 1. The van der Waals surface area contributed by atoms with Gasteiger partial charge >= 0.3 is 0 Å². The average molecular weight is 388 g/mol. The number of anilines is 1. The molecule has 2 aliphatic rings. The van der Waals surface area contributed by atoms with Crippen molar-refractivity contribution in [3.63, 3.8) is 0 Å². The van der Waals surface area contributed by atoms with E-state index >= 15 is 0 Å². The molecule has 0 saturated heterocycles. The Hall–Kier alpha value is -2.58. The quantitative estimate of drug-likeness (QED) is 0.780. The average Bonchev–Trinajstić information content (AvgIpc) is 3.26. The number of para-hydroxylation sites is 1. The number of amides is 1. The normalized spacial score (nSPS) is 15.3. The zero-order valence-electron chi connectivity index (χ0n) is 14.9. The standard InChI is InChI=1S/C19H20N2O5S/c1-27(23,24)20(11-14-6-7-17-18(10-14)26-13-25-17)12-19(22)21-9-8-15-4-2-3-5-16(15)21/h2-7,10H,8-9,11-13H2,1H3. The van der Waals surface area contributed by atoms with Crippen LogP contribution in [-0.2, 0) is 27.8 Å². The Kier molecular flexibility index (Phi) is 4.53. The molecule has 142 valence electrons. The first-order valence-corrected chi connectivity index (χ1v) is 10.5. The number of carbonyl (C=O) groups is 1. The molecule has 0 aromatic heterocycles. The number of ether oxygens (including phenoxy) is 2. The van der Waals surface area contributed by atoms with Gasteiger partial charge in [0.1, 0.15) is 0 Å². The van der Waals surface area contributed by atoms with E-state index in [0.717, 1.165) is 29.5 Å². The SMILES string of the molecule is CS(=O)(=O)N(CC(=O)N1CCc2ccccc21)Cc1ccc2c(c1)OCO2. The predicted molar refractivity (Wildman–Crippen MR) is 100 cm³/mol. The molecular formula is C19H20N2O5S. The van der Waals surface area contributed by atoms with Crippen LogP contribution in [0.1, 0.15) is 11.1 Å². The van der Waals surface area contributed by atoms with Crippen LogP contribution in [0.5, 0.6) is 11.5 Å². The van der Waals surface area contributed by atoms with Gasteiger partial charge in [0, 0.05) is 18.8 Å². The lowest BCUT2D eigenvalue weighted by molar-refractivity contribution is -0.118. The Bertz CT molecular complexity index is 989. The first-order chi connectivity index (χ1) is 12.9. The summed E-state index contributed by atoms with van der Waals surface area (Å²) in [6.45, 7) is 0.611. The molecule has 2 aromatic carbocycles. The van der Waals surface area contributed by atoms with Gasteiger partial charge in [0.25, 0.3) is 0 Å². The molecule has 7 nitrogen and oxygen atoms in total. The molecule has 1 amide bonds. The summed E-state index contributed by atoms with van der Waals surface area (Å²) in [5.74, 6) is 0.987. The fourth-order valence-electron chi connectivity index (χ4n) is 3.37. The predicted octanol–water partition coefficient (Wildman–Crippen LogP) is 1.77. The van der Waals surface area contributed by atoms with Gasteiger partial charge in [-0.15, -0.1) is 0 Å². The lowest BCUT2D eigenvalue weighted by atomic mass is 10.2. The van der Waals surface area contributed by atoms with Crippen molar-refractivity contribution in [1.82, 2.24) is 4.31 Å². The minimum atomic E-state index is -3.57. The molecule has 8 heteroatoms. The minimum Gasteiger partial charge on any atom is -0.454 e. The van der Waals surface area contributed by atoms with Crippen LogP contribution in [-0.4, -0.2) is 44.8 Å². The first kappa shape index (κ1) is 17.8. The lowest BCUT2D eigenvalue weighted by Crippen LogP contribution is -2.41. The van der Waals surface area contributed by atoms with Crippen LogP contribution < -0.4 is 14.4 Å². The van der Waals surface area contributed by atoms with E-state index in [9.17, 15) is 13.2 Å². The van der Waals surface area contributed by atoms with Crippen molar-refractivity contribution in [2.75, 3.05) is 31.0 Å². The molecule has 0 aliphatic carbocycles. The third-order valence-corrected chi connectivity index (χ3v) is 5.96. The van der Waals surface area contributed by atoms with Crippen LogP contribution in [0, 0.1) is 0 Å². The minimum absolute atomic E-state index is 0.0939. The van der Waals surface area contributed by atoms with E-state index in [1.807, 2.05) is 24.3 Å². The third kappa shape index (κ3) is 3.63. The van der Waals surface area contributed by atoms with Crippen molar-refractivity contribution in [3.05, 3.63) is 53.6 Å². The Morgan fingerprint density at radius 1 is 1.15 bits per heavy atom. The molecule has 27 heavy (non-hydrogen) atoms. The molecule has 2 aliphatic heterocycles. The summed E-state index contributed by atoms with van der Waals surface area (Å²) in [5.41, 5.74) is 2.70. The van der Waals surface area contributed by atoms with Gasteiger partial charge in [-0.05, 0) is 35.7 Å². The highest BCUT2D eigenvalue weighted by molar-refractivity contribution is 7.88. The highest BCUT2D eigenvalue weighted by Gasteiger charge is 2.28. The molecule has 0 N–H and O–H groups in total. The molecule has 0 spiro atoms. The zero-order valence-corrected chi connectivity index (χ0v) is 15.7. The van der Waals surface area contributed by atoms with Gasteiger partial charge in [0.2, 0.25) is 22.7 Å². The largest absolute Gasteiger partial charge is 0.454 e. The lowest BCUT2D eigenvalue weighted by Gasteiger charge is -2.24. The molecule has 0 fully saturated rings. The van der Waals surface area contributed by atoms with E-state index in [1.165, 1.54) is 4.31 Å². The summed E-state index contributed by atoms with van der Waals surface area (Å²) in [7, 11) is -3.57. The van der Waals surface area contributed by atoms with Crippen molar-refractivity contribution >= 4 is 21.6 Å². The molecule has 2 aromatic rings. The number of rotatable bonds is 5. The van der Waals surface area contributed by atoms with E-state index in [2.05, 4.69) is 0 Å². The van der Waals surface area contributed by atoms with Crippen LogP contribution in [0.4, 0.5) is 5.69 Å². The number of hydrogen-bond donors (Lipinski definition) is 0. The van der Waals surface area contributed by atoms with Crippen molar-refractivity contribution in [2.45, 2.75) is 13.0 Å². The van der Waals surface area contributed by atoms with Crippen molar-refractivity contribution in [1.29, 1.82) is 0 Å². The van der Waals surface area contributed by atoms with Crippen LogP contribution in [0.2, 0.25) is 0 Å². The van der Waals surface area contributed by atoms with E-state index in [1.54, 1.807) is 23.1 Å². The van der Waals surface area contributed by atoms with E-state index in [-0.39, 0.29) is 25.8 Å². The Balaban J connectivity index is 1.52. The summed E-state index contributed by atoms with van der Waals surface area (Å²) in [6, 6.07) is 13.0. The maximum absolute atomic E-state index is 12.8. The third-order valence-electron chi connectivity index (χ3n) is 4.76. The second-order valence-corrected chi connectivity index (χ2v) is 8.63. The van der Waals surface area contributed by atoms with Gasteiger partial charge < -0.3 is 14.4 Å². The zero-order chi connectivity index (χ0) is 19.0. The van der Waals surface area contributed by atoms with Crippen molar-refractivity contribution in [2.24, 2.45) is 0 Å². The summed E-state index contributed by atoms with van der Waals surface area (Å²) in [5, 5.41) is 0. The van der Waals surface area contributed by atoms with Crippen molar-refractivity contribution < 1.29 is 22.7 Å². The monoisotopic (exact) mass is 388 g/mol. The van der Waals surface area contributed by atoms with Crippen molar-refractivity contribution in [3.8, 4) is 11.5 Å². The second kappa shape index (κ2) is 6.86. The number of sulfonamides is 1. The van der Waals surface area contributed by atoms with E-state index in [4.69, 9.17) is 9.47 Å². The molecule has 0 atom stereocenters. The maximum Gasteiger partial charge on any atom is 0.242 e. The van der Waals surface area contributed by atoms with Gasteiger partial charge in [0.15, 0.2) is 11.5 Å². The van der Waals surface area contributed by atoms with Crippen LogP contribution >= 0.6 is 0 Å². The van der Waals surface area contributed by atoms with E-state index < -0.39 is 10.0 Å². The van der Waals surface area contributed by atoms with Crippen LogP contribution in [0.25, 0.3) is 0 Å². The molecule has 0 radical (unpaired) electrons. The highest BCUT2D eigenvalue weighted by atomic mass is 32.2. The maximum atomic E-state index is 12.8. The fraction of sp³-hybridized carbons (Fsp3) is 0.316. The molecule has 4 rings (SSSR count). The summed E-state index contributed by atoms with van der Waals surface area (Å²) in [6.07, 6.45) is 1.90. The highest BCUT2D eigenvalue weighted by Crippen LogP contribution is 2.33. The molecule has 0 saturated carbocycles.